The number of aromatic nitrogens is 3. The summed E-state index contributed by atoms with van der Waals surface area (Å²) in [6.45, 7) is 2.23. The summed E-state index contributed by atoms with van der Waals surface area (Å²) in [6, 6.07) is 20.1. The zero-order valence-electron chi connectivity index (χ0n) is 15.6. The highest BCUT2D eigenvalue weighted by atomic mass is 32.1. The van der Waals surface area contributed by atoms with Crippen LogP contribution < -0.4 is 5.73 Å². The predicted molar refractivity (Wildman–Crippen MR) is 111 cm³/mol. The molecule has 6 nitrogen and oxygen atoms in total. The monoisotopic (exact) mass is 393 g/mol. The molecule has 2 N–H and O–H groups in total. The molecule has 28 heavy (non-hydrogen) atoms. The lowest BCUT2D eigenvalue weighted by atomic mass is 9.97. The number of hydrogen-bond donors (Lipinski definition) is 1. The molecule has 0 unspecified atom stereocenters. The number of carbonyl (C=O) groups is 1. The van der Waals surface area contributed by atoms with Gasteiger partial charge in [-0.3, -0.25) is 14.3 Å². The molecule has 2 heterocycles. The Morgan fingerprint density at radius 3 is 2.25 bits per heavy atom. The molecule has 0 spiro atoms. The summed E-state index contributed by atoms with van der Waals surface area (Å²) in [6.07, 6.45) is 1.57. The Kier molecular flexibility index (Phi) is 5.36. The quantitative estimate of drug-likeness (QED) is 0.676. The summed E-state index contributed by atoms with van der Waals surface area (Å²) in [7, 11) is 0. The van der Waals surface area contributed by atoms with Gasteiger partial charge in [0.2, 0.25) is 10.7 Å². The van der Waals surface area contributed by atoms with Gasteiger partial charge in [-0.25, -0.2) is 4.68 Å². The summed E-state index contributed by atoms with van der Waals surface area (Å²) in [4.78, 5) is 13.7. The number of rotatable bonds is 5. The minimum atomic E-state index is -0.198. The van der Waals surface area contributed by atoms with Gasteiger partial charge in [-0.2, -0.15) is 0 Å². The first-order chi connectivity index (χ1) is 13.6. The highest BCUT2D eigenvalue weighted by Crippen LogP contribution is 2.23. The van der Waals surface area contributed by atoms with Crippen molar-refractivity contribution in [2.24, 2.45) is 11.7 Å². The molecule has 0 bridgehead atoms. The number of hydrogen-bond acceptors (Lipinski definition) is 4. The van der Waals surface area contributed by atoms with Crippen LogP contribution in [0.4, 0.5) is 0 Å². The first-order valence-corrected chi connectivity index (χ1v) is 9.86. The summed E-state index contributed by atoms with van der Waals surface area (Å²) in [5.74, 6) is 0.603. The summed E-state index contributed by atoms with van der Waals surface area (Å²) < 4.78 is 4.54. The van der Waals surface area contributed by atoms with Gasteiger partial charge in [-0.15, -0.1) is 5.10 Å². The summed E-state index contributed by atoms with van der Waals surface area (Å²) >= 11 is 5.79. The van der Waals surface area contributed by atoms with Gasteiger partial charge >= 0.3 is 0 Å². The molecule has 7 heteroatoms. The van der Waals surface area contributed by atoms with E-state index in [-0.39, 0.29) is 11.8 Å². The number of carbonyl (C=O) groups excluding carboxylic acids is 1. The van der Waals surface area contributed by atoms with E-state index < -0.39 is 0 Å². The number of nitrogens with zero attached hydrogens (tertiary/aromatic N) is 4. The standard InChI is InChI=1S/C21H23N5OS/c22-19(27)16-11-13-24(14-12-16)15-25-21(28)26(18-9-5-2-6-10-18)20(23-25)17-7-3-1-4-8-17/h1-10,16H,11-15H2,(H2,22,27). The molecule has 2 aromatic carbocycles. The third-order valence-electron chi connectivity index (χ3n) is 5.21. The molecule has 1 fully saturated rings. The van der Waals surface area contributed by atoms with Gasteiger partial charge in [-0.05, 0) is 37.2 Å². The molecule has 0 aliphatic carbocycles. The van der Waals surface area contributed by atoms with Crippen molar-refractivity contribution in [2.75, 3.05) is 13.1 Å². The molecule has 0 atom stereocenters. The van der Waals surface area contributed by atoms with E-state index >= 15 is 0 Å². The zero-order chi connectivity index (χ0) is 19.5. The number of piperidine rings is 1. The van der Waals surface area contributed by atoms with Crippen LogP contribution in [0.2, 0.25) is 0 Å². The van der Waals surface area contributed by atoms with Crippen LogP contribution >= 0.6 is 12.2 Å². The van der Waals surface area contributed by atoms with E-state index in [1.54, 1.807) is 0 Å². The number of nitrogens with two attached hydrogens (primary N) is 1. The van der Waals surface area contributed by atoms with Crippen LogP contribution in [0.1, 0.15) is 12.8 Å². The fraction of sp³-hybridized carbons (Fsp3) is 0.286. The molecule has 3 aromatic rings. The second-order valence-corrected chi connectivity index (χ2v) is 7.44. The average Bonchev–Trinajstić information content (AvgIpc) is 3.06. The smallest absolute Gasteiger partial charge is 0.220 e. The van der Waals surface area contributed by atoms with Gasteiger partial charge in [0.25, 0.3) is 0 Å². The summed E-state index contributed by atoms with van der Waals surface area (Å²) in [5, 5.41) is 4.85. The predicted octanol–water partition coefficient (Wildman–Crippen LogP) is 3.23. The molecule has 1 aliphatic heterocycles. The first-order valence-electron chi connectivity index (χ1n) is 9.46. The lowest BCUT2D eigenvalue weighted by Crippen LogP contribution is -2.39. The van der Waals surface area contributed by atoms with Crippen molar-refractivity contribution in [2.45, 2.75) is 19.5 Å². The zero-order valence-corrected chi connectivity index (χ0v) is 16.4. The lowest BCUT2D eigenvalue weighted by molar-refractivity contribution is -0.123. The van der Waals surface area contributed by atoms with Crippen molar-refractivity contribution in [3.63, 3.8) is 0 Å². The van der Waals surface area contributed by atoms with E-state index in [0.29, 0.717) is 11.4 Å². The molecule has 1 saturated heterocycles. The second-order valence-electron chi connectivity index (χ2n) is 7.08. The van der Waals surface area contributed by atoms with Crippen LogP contribution in [0.15, 0.2) is 60.7 Å². The maximum atomic E-state index is 11.4. The van der Waals surface area contributed by atoms with E-state index in [9.17, 15) is 4.79 Å². The van der Waals surface area contributed by atoms with Crippen molar-refractivity contribution >= 4 is 18.1 Å². The highest BCUT2D eigenvalue weighted by molar-refractivity contribution is 7.71. The van der Waals surface area contributed by atoms with Crippen LogP contribution in [0, 0.1) is 10.7 Å². The van der Waals surface area contributed by atoms with E-state index in [4.69, 9.17) is 23.1 Å². The Morgan fingerprint density at radius 2 is 1.64 bits per heavy atom. The van der Waals surface area contributed by atoms with E-state index in [1.807, 2.05) is 69.9 Å². The van der Waals surface area contributed by atoms with Crippen LogP contribution in [-0.2, 0) is 11.5 Å². The number of benzene rings is 2. The molecule has 1 aromatic heterocycles. The third kappa shape index (κ3) is 3.76. The van der Waals surface area contributed by atoms with E-state index in [0.717, 1.165) is 43.0 Å². The topological polar surface area (TPSA) is 69.1 Å². The van der Waals surface area contributed by atoms with E-state index in [2.05, 4.69) is 4.90 Å². The first kappa shape index (κ1) is 18.6. The van der Waals surface area contributed by atoms with Gasteiger partial charge < -0.3 is 5.73 Å². The molecular formula is C21H23N5OS. The number of para-hydroxylation sites is 1. The molecular weight excluding hydrogens is 370 g/mol. The van der Waals surface area contributed by atoms with Crippen LogP contribution in [0.5, 0.6) is 0 Å². The minimum absolute atomic E-state index is 0.0222. The number of likely N-dealkylation sites (tertiary alicyclic amines) is 1. The fourth-order valence-corrected chi connectivity index (χ4v) is 3.92. The van der Waals surface area contributed by atoms with Crippen molar-refractivity contribution < 1.29 is 4.79 Å². The Bertz CT molecular complexity index is 1000. The Balaban J connectivity index is 1.67. The molecule has 144 valence electrons. The van der Waals surface area contributed by atoms with Crippen molar-refractivity contribution in [1.29, 1.82) is 0 Å². The van der Waals surface area contributed by atoms with E-state index in [1.165, 1.54) is 0 Å². The highest BCUT2D eigenvalue weighted by Gasteiger charge is 2.24. The number of amides is 1. The van der Waals surface area contributed by atoms with Gasteiger partial charge in [0.05, 0.1) is 6.67 Å². The average molecular weight is 394 g/mol. The van der Waals surface area contributed by atoms with Crippen molar-refractivity contribution in [1.82, 2.24) is 19.2 Å². The lowest BCUT2D eigenvalue weighted by Gasteiger charge is -2.29. The third-order valence-corrected chi connectivity index (χ3v) is 5.60. The molecule has 1 aliphatic rings. The Hall–Kier alpha value is -2.77. The van der Waals surface area contributed by atoms with Crippen LogP contribution in [-0.4, -0.2) is 38.2 Å². The molecule has 4 rings (SSSR count). The molecule has 1 amide bonds. The molecule has 0 saturated carbocycles. The fourth-order valence-electron chi connectivity index (χ4n) is 3.63. The minimum Gasteiger partial charge on any atom is -0.369 e. The van der Waals surface area contributed by atoms with Crippen LogP contribution in [0.25, 0.3) is 17.1 Å². The Labute approximate surface area is 169 Å². The van der Waals surface area contributed by atoms with Crippen molar-refractivity contribution in [3.05, 3.63) is 65.4 Å². The largest absolute Gasteiger partial charge is 0.369 e. The van der Waals surface area contributed by atoms with Crippen molar-refractivity contribution in [3.8, 4) is 17.1 Å². The van der Waals surface area contributed by atoms with Crippen LogP contribution in [0.3, 0.4) is 0 Å². The van der Waals surface area contributed by atoms with Gasteiger partial charge in [0, 0.05) is 30.3 Å². The second kappa shape index (κ2) is 8.08. The maximum Gasteiger partial charge on any atom is 0.220 e. The summed E-state index contributed by atoms with van der Waals surface area (Å²) in [5.41, 5.74) is 7.45. The Morgan fingerprint density at radius 1 is 1.04 bits per heavy atom. The van der Waals surface area contributed by atoms with Gasteiger partial charge in [0.1, 0.15) is 0 Å². The van der Waals surface area contributed by atoms with Gasteiger partial charge in [0.15, 0.2) is 5.82 Å². The SMILES string of the molecule is NC(=O)C1CCN(Cn2nc(-c3ccccc3)n(-c3ccccc3)c2=S)CC1. The maximum absolute atomic E-state index is 11.4. The normalized spacial score (nSPS) is 15.6. The number of primary amides is 1. The van der Waals surface area contributed by atoms with Gasteiger partial charge in [-0.1, -0.05) is 48.5 Å². The molecule has 0 radical (unpaired) electrons.